The molecule has 0 radical (unpaired) electrons. The third kappa shape index (κ3) is 2.55. The Balaban J connectivity index is 1.77. The van der Waals surface area contributed by atoms with E-state index in [1.807, 2.05) is 0 Å². The molecular weight excluding hydrogens is 314 g/mol. The summed E-state index contributed by atoms with van der Waals surface area (Å²) in [6, 6.07) is 28.2. The fourth-order valence-corrected chi connectivity index (χ4v) is 4.40. The minimum atomic E-state index is -0.156. The molecule has 1 aliphatic rings. The molecule has 3 aromatic rings. The average Bonchev–Trinajstić information content (AvgIpc) is 2.99. The highest BCUT2D eigenvalue weighted by Crippen LogP contribution is 2.53. The summed E-state index contributed by atoms with van der Waals surface area (Å²) in [6.45, 7) is 7.59. The van der Waals surface area contributed by atoms with E-state index in [2.05, 4.69) is 97.7 Å². The molecule has 3 aromatic carbocycles. The molecule has 1 heteroatoms. The lowest BCUT2D eigenvalue weighted by molar-refractivity contribution is 0.510. The largest absolute Gasteiger partial charge is 0.384 e. The van der Waals surface area contributed by atoms with Crippen molar-refractivity contribution in [2.45, 2.75) is 31.7 Å². The molecule has 0 aliphatic heterocycles. The van der Waals surface area contributed by atoms with Gasteiger partial charge in [0.25, 0.3) is 0 Å². The van der Waals surface area contributed by atoms with Crippen LogP contribution >= 0.6 is 0 Å². The van der Waals surface area contributed by atoms with Gasteiger partial charge in [0.1, 0.15) is 0 Å². The van der Waals surface area contributed by atoms with Crippen molar-refractivity contribution in [1.82, 2.24) is 5.32 Å². The van der Waals surface area contributed by atoms with Crippen LogP contribution in [0.15, 0.2) is 91.1 Å². The van der Waals surface area contributed by atoms with Crippen LogP contribution in [0, 0.1) is 0 Å². The van der Waals surface area contributed by atoms with Crippen LogP contribution in [0.1, 0.15) is 36.5 Å². The zero-order chi connectivity index (χ0) is 18.0. The maximum atomic E-state index is 4.53. The number of allylic oxidation sites excluding steroid dienone is 1. The molecule has 0 heterocycles. The van der Waals surface area contributed by atoms with E-state index in [9.17, 15) is 0 Å². The van der Waals surface area contributed by atoms with Crippen LogP contribution in [-0.2, 0) is 12.0 Å². The van der Waals surface area contributed by atoms with E-state index in [0.717, 1.165) is 25.1 Å². The quantitative estimate of drug-likeness (QED) is 0.576. The summed E-state index contributed by atoms with van der Waals surface area (Å²) in [6.07, 6.45) is 2.16. The minimum Gasteiger partial charge on any atom is -0.384 e. The lowest BCUT2D eigenvalue weighted by atomic mass is 9.72. The monoisotopic (exact) mass is 339 g/mol. The van der Waals surface area contributed by atoms with E-state index in [1.165, 1.54) is 27.8 Å². The number of benzene rings is 3. The van der Waals surface area contributed by atoms with Gasteiger partial charge in [-0.3, -0.25) is 0 Å². The van der Waals surface area contributed by atoms with Crippen LogP contribution < -0.4 is 5.32 Å². The Hall–Kier alpha value is -2.80. The molecule has 1 N–H and O–H groups in total. The standard InChI is InChI=1S/C25H25N/c1-3-17-25(19(2)26-18-20-11-5-4-6-12-20)23-15-9-7-13-21(23)22-14-8-10-16-24(22)25/h4-16,26H,2-3,17-18H2,1H3. The molecule has 1 aliphatic carbocycles. The molecule has 0 aromatic heterocycles. The maximum absolute atomic E-state index is 4.53. The van der Waals surface area contributed by atoms with E-state index < -0.39 is 0 Å². The number of hydrogen-bond donors (Lipinski definition) is 1. The summed E-state index contributed by atoms with van der Waals surface area (Å²) in [5.74, 6) is 0. The van der Waals surface area contributed by atoms with E-state index in [4.69, 9.17) is 0 Å². The predicted octanol–water partition coefficient (Wildman–Crippen LogP) is 6.06. The van der Waals surface area contributed by atoms with E-state index in [-0.39, 0.29) is 5.41 Å². The number of hydrogen-bond acceptors (Lipinski definition) is 1. The molecule has 130 valence electrons. The Bertz CT molecular complexity index is 878. The van der Waals surface area contributed by atoms with Crippen molar-refractivity contribution in [1.29, 1.82) is 0 Å². The second-order valence-corrected chi connectivity index (χ2v) is 7.06. The Morgan fingerprint density at radius 3 is 1.92 bits per heavy atom. The number of nitrogens with one attached hydrogen (secondary N) is 1. The van der Waals surface area contributed by atoms with Crippen molar-refractivity contribution >= 4 is 0 Å². The minimum absolute atomic E-state index is 0.156. The summed E-state index contributed by atoms with van der Waals surface area (Å²) >= 11 is 0. The molecule has 0 bridgehead atoms. The maximum Gasteiger partial charge on any atom is 0.0604 e. The van der Waals surface area contributed by atoms with Gasteiger partial charge in [-0.05, 0) is 34.2 Å². The van der Waals surface area contributed by atoms with Crippen LogP contribution in [0.4, 0.5) is 0 Å². The smallest absolute Gasteiger partial charge is 0.0604 e. The fourth-order valence-electron chi connectivity index (χ4n) is 4.40. The molecule has 0 unspecified atom stereocenters. The molecule has 0 fully saturated rings. The highest BCUT2D eigenvalue weighted by atomic mass is 14.9. The highest BCUT2D eigenvalue weighted by molar-refractivity contribution is 5.82. The van der Waals surface area contributed by atoms with Crippen molar-refractivity contribution in [2.24, 2.45) is 0 Å². The van der Waals surface area contributed by atoms with Gasteiger partial charge in [0.05, 0.1) is 5.41 Å². The van der Waals surface area contributed by atoms with Gasteiger partial charge >= 0.3 is 0 Å². The Kier molecular flexibility index (Phi) is 4.38. The van der Waals surface area contributed by atoms with Crippen LogP contribution in [0.25, 0.3) is 11.1 Å². The summed E-state index contributed by atoms with van der Waals surface area (Å²) in [5, 5.41) is 3.65. The van der Waals surface area contributed by atoms with Gasteiger partial charge in [-0.2, -0.15) is 0 Å². The Morgan fingerprint density at radius 1 is 0.808 bits per heavy atom. The summed E-state index contributed by atoms with van der Waals surface area (Å²) < 4.78 is 0. The van der Waals surface area contributed by atoms with Crippen molar-refractivity contribution in [3.8, 4) is 11.1 Å². The van der Waals surface area contributed by atoms with Crippen molar-refractivity contribution in [2.75, 3.05) is 0 Å². The van der Waals surface area contributed by atoms with Gasteiger partial charge in [-0.15, -0.1) is 0 Å². The SMILES string of the molecule is C=C(NCc1ccccc1)C1(CCC)c2ccccc2-c2ccccc21. The van der Waals surface area contributed by atoms with Crippen molar-refractivity contribution in [3.63, 3.8) is 0 Å². The third-order valence-corrected chi connectivity index (χ3v) is 5.55. The van der Waals surface area contributed by atoms with E-state index in [0.29, 0.717) is 0 Å². The van der Waals surface area contributed by atoms with Crippen LogP contribution in [-0.4, -0.2) is 0 Å². The fraction of sp³-hybridized carbons (Fsp3) is 0.200. The Morgan fingerprint density at radius 2 is 1.35 bits per heavy atom. The van der Waals surface area contributed by atoms with Gasteiger partial charge in [0, 0.05) is 12.2 Å². The van der Waals surface area contributed by atoms with Crippen LogP contribution in [0.3, 0.4) is 0 Å². The lowest BCUT2D eigenvalue weighted by Gasteiger charge is -2.35. The van der Waals surface area contributed by atoms with Gasteiger partial charge in [-0.25, -0.2) is 0 Å². The molecule has 4 rings (SSSR count). The molecule has 1 nitrogen and oxygen atoms in total. The molecule has 0 atom stereocenters. The first-order valence-corrected chi connectivity index (χ1v) is 9.44. The van der Waals surface area contributed by atoms with Crippen LogP contribution in [0.5, 0.6) is 0 Å². The molecule has 26 heavy (non-hydrogen) atoms. The first kappa shape index (κ1) is 16.7. The molecule has 0 spiro atoms. The second kappa shape index (κ2) is 6.84. The zero-order valence-corrected chi connectivity index (χ0v) is 15.3. The molecule has 0 amide bonds. The summed E-state index contributed by atoms with van der Waals surface area (Å²) in [7, 11) is 0. The van der Waals surface area contributed by atoms with Crippen LogP contribution in [0.2, 0.25) is 0 Å². The first-order valence-electron chi connectivity index (χ1n) is 9.44. The first-order chi connectivity index (χ1) is 12.8. The highest BCUT2D eigenvalue weighted by Gasteiger charge is 2.44. The Labute approximate surface area is 156 Å². The predicted molar refractivity (Wildman–Crippen MR) is 110 cm³/mol. The normalized spacial score (nSPS) is 13.7. The van der Waals surface area contributed by atoms with E-state index >= 15 is 0 Å². The third-order valence-electron chi connectivity index (χ3n) is 5.55. The topological polar surface area (TPSA) is 12.0 Å². The number of rotatable bonds is 6. The van der Waals surface area contributed by atoms with Gasteiger partial charge < -0.3 is 5.32 Å². The second-order valence-electron chi connectivity index (χ2n) is 7.06. The van der Waals surface area contributed by atoms with Gasteiger partial charge in [-0.1, -0.05) is 98.8 Å². The molecule has 0 saturated carbocycles. The zero-order valence-electron chi connectivity index (χ0n) is 15.3. The lowest BCUT2D eigenvalue weighted by Crippen LogP contribution is -2.34. The molecule has 0 saturated heterocycles. The average molecular weight is 339 g/mol. The number of fused-ring (bicyclic) bond motifs is 3. The van der Waals surface area contributed by atoms with Gasteiger partial charge in [0.15, 0.2) is 0 Å². The van der Waals surface area contributed by atoms with Crippen molar-refractivity contribution in [3.05, 3.63) is 108 Å². The molecular formula is C25H25N. The van der Waals surface area contributed by atoms with Crippen molar-refractivity contribution < 1.29 is 0 Å². The summed E-state index contributed by atoms with van der Waals surface area (Å²) in [4.78, 5) is 0. The summed E-state index contributed by atoms with van der Waals surface area (Å²) in [5.41, 5.74) is 7.68. The van der Waals surface area contributed by atoms with Gasteiger partial charge in [0.2, 0.25) is 0 Å². The van der Waals surface area contributed by atoms with E-state index in [1.54, 1.807) is 0 Å².